The topological polar surface area (TPSA) is 52.2 Å². The van der Waals surface area contributed by atoms with Crippen LogP contribution in [0.1, 0.15) is 11.4 Å². The van der Waals surface area contributed by atoms with Crippen LogP contribution in [-0.2, 0) is 12.7 Å². The Morgan fingerprint density at radius 3 is 2.64 bits per heavy atom. The van der Waals surface area contributed by atoms with Crippen molar-refractivity contribution in [2.75, 3.05) is 0 Å². The van der Waals surface area contributed by atoms with Crippen LogP contribution in [-0.4, -0.2) is 19.2 Å². The molecule has 9 heteroatoms. The Hall–Kier alpha value is -2.35. The fourth-order valence-electron chi connectivity index (χ4n) is 1.96. The van der Waals surface area contributed by atoms with E-state index in [4.69, 9.17) is 11.6 Å². The number of alkyl halides is 3. The average Bonchev–Trinajstić information content (AvgIpc) is 2.81. The summed E-state index contributed by atoms with van der Waals surface area (Å²) >= 11 is 5.84. The van der Waals surface area contributed by atoms with Gasteiger partial charge >= 0.3 is 6.18 Å². The Labute approximate surface area is 126 Å². The number of hydrogen-bond acceptors (Lipinski definition) is 3. The van der Waals surface area contributed by atoms with Crippen LogP contribution < -0.4 is 5.56 Å². The highest BCUT2D eigenvalue weighted by Gasteiger charge is 2.33. The molecule has 0 aliphatic rings. The van der Waals surface area contributed by atoms with E-state index in [1.165, 1.54) is 0 Å². The zero-order valence-electron chi connectivity index (χ0n) is 10.9. The van der Waals surface area contributed by atoms with Crippen molar-refractivity contribution in [2.45, 2.75) is 12.7 Å². The molecule has 0 amide bonds. The van der Waals surface area contributed by atoms with E-state index < -0.39 is 17.4 Å². The Balaban J connectivity index is 1.99. The lowest BCUT2D eigenvalue weighted by Crippen LogP contribution is -2.26. The summed E-state index contributed by atoms with van der Waals surface area (Å²) in [5, 5.41) is 3.82. The number of hydrogen-bond donors (Lipinski definition) is 0. The summed E-state index contributed by atoms with van der Waals surface area (Å²) in [5.74, 6) is 0. The Morgan fingerprint density at radius 2 is 1.91 bits per heavy atom. The van der Waals surface area contributed by atoms with Crippen LogP contribution in [0.15, 0.2) is 41.5 Å². The summed E-state index contributed by atoms with van der Waals surface area (Å²) in [5.41, 5.74) is -0.794. The molecule has 0 aromatic carbocycles. The van der Waals surface area contributed by atoms with E-state index >= 15 is 0 Å². The van der Waals surface area contributed by atoms with Gasteiger partial charge in [-0.15, -0.1) is 0 Å². The lowest BCUT2D eigenvalue weighted by molar-refractivity contribution is -0.142. The van der Waals surface area contributed by atoms with E-state index in [9.17, 15) is 18.0 Å². The van der Waals surface area contributed by atoms with Crippen molar-refractivity contribution in [3.05, 3.63) is 63.4 Å². The second-order valence-corrected chi connectivity index (χ2v) is 4.99. The fraction of sp³-hybridized carbons (Fsp3) is 0.154. The molecule has 114 valence electrons. The molecule has 3 aromatic rings. The molecule has 3 aromatic heterocycles. The highest BCUT2D eigenvalue weighted by atomic mass is 35.5. The van der Waals surface area contributed by atoms with Crippen molar-refractivity contribution in [3.63, 3.8) is 0 Å². The Morgan fingerprint density at radius 1 is 1.14 bits per heavy atom. The number of imidazole rings is 1. The summed E-state index contributed by atoms with van der Waals surface area (Å²) in [6.07, 6.45) is -1.42. The van der Waals surface area contributed by atoms with Crippen LogP contribution in [0.5, 0.6) is 0 Å². The molecule has 3 rings (SSSR count). The SMILES string of the molecule is O=c1ccc(C(F)(F)F)nn1Cc1cn2cc(Cl)ccc2n1. The summed E-state index contributed by atoms with van der Waals surface area (Å²) in [6, 6.07) is 4.79. The molecule has 0 N–H and O–H groups in total. The van der Waals surface area contributed by atoms with Gasteiger partial charge < -0.3 is 4.40 Å². The maximum atomic E-state index is 12.6. The Bertz CT molecular complexity index is 900. The standard InChI is InChI=1S/C13H8ClF3N4O/c14-8-1-3-11-18-9(6-20(11)5-8)7-21-12(22)4-2-10(19-21)13(15,16)17/h1-6H,7H2. The second kappa shape index (κ2) is 5.13. The van der Waals surface area contributed by atoms with Crippen molar-refractivity contribution >= 4 is 17.2 Å². The average molecular weight is 329 g/mol. The van der Waals surface area contributed by atoms with Gasteiger partial charge in [0, 0.05) is 18.5 Å². The van der Waals surface area contributed by atoms with Crippen LogP contribution >= 0.6 is 11.6 Å². The maximum Gasteiger partial charge on any atom is 0.435 e. The molecule has 0 fully saturated rings. The van der Waals surface area contributed by atoms with Crippen LogP contribution in [0.25, 0.3) is 5.65 Å². The minimum Gasteiger partial charge on any atom is -0.305 e. The third-order valence-corrected chi connectivity index (χ3v) is 3.16. The minimum atomic E-state index is -4.61. The van der Waals surface area contributed by atoms with E-state index in [1.54, 1.807) is 28.9 Å². The molecule has 0 aliphatic carbocycles. The van der Waals surface area contributed by atoms with E-state index in [0.29, 0.717) is 22.4 Å². The number of nitrogens with zero attached hydrogens (tertiary/aromatic N) is 4. The van der Waals surface area contributed by atoms with Gasteiger partial charge in [-0.1, -0.05) is 11.6 Å². The number of halogens is 4. The second-order valence-electron chi connectivity index (χ2n) is 4.56. The van der Waals surface area contributed by atoms with Gasteiger partial charge in [-0.25, -0.2) is 9.67 Å². The van der Waals surface area contributed by atoms with Crippen molar-refractivity contribution in [1.29, 1.82) is 0 Å². The third-order valence-electron chi connectivity index (χ3n) is 2.93. The molecule has 0 aliphatic heterocycles. The van der Waals surface area contributed by atoms with Gasteiger partial charge in [-0.2, -0.15) is 18.3 Å². The quantitative estimate of drug-likeness (QED) is 0.726. The number of aromatic nitrogens is 4. The number of pyridine rings is 1. The molecule has 0 spiro atoms. The lowest BCUT2D eigenvalue weighted by atomic mass is 10.4. The summed E-state index contributed by atoms with van der Waals surface area (Å²) < 4.78 is 40.3. The molecule has 22 heavy (non-hydrogen) atoms. The maximum absolute atomic E-state index is 12.6. The highest BCUT2D eigenvalue weighted by molar-refractivity contribution is 6.30. The summed E-state index contributed by atoms with van der Waals surface area (Å²) in [7, 11) is 0. The van der Waals surface area contributed by atoms with Gasteiger partial charge in [0.25, 0.3) is 5.56 Å². The number of rotatable bonds is 2. The van der Waals surface area contributed by atoms with Gasteiger partial charge in [0.1, 0.15) is 5.65 Å². The first-order valence-electron chi connectivity index (χ1n) is 6.11. The van der Waals surface area contributed by atoms with E-state index in [0.717, 1.165) is 10.7 Å². The van der Waals surface area contributed by atoms with Crippen LogP contribution in [0.4, 0.5) is 13.2 Å². The Kier molecular flexibility index (Phi) is 3.40. The number of fused-ring (bicyclic) bond motifs is 1. The van der Waals surface area contributed by atoms with Crippen molar-refractivity contribution in [2.24, 2.45) is 0 Å². The molecule has 0 bridgehead atoms. The van der Waals surface area contributed by atoms with Gasteiger partial charge in [-0.05, 0) is 18.2 Å². The van der Waals surface area contributed by atoms with Crippen LogP contribution in [0.2, 0.25) is 5.02 Å². The smallest absolute Gasteiger partial charge is 0.305 e. The summed E-state index contributed by atoms with van der Waals surface area (Å²) in [4.78, 5) is 15.9. The first kappa shape index (κ1) is 14.6. The molecule has 3 heterocycles. The van der Waals surface area contributed by atoms with Crippen molar-refractivity contribution < 1.29 is 13.2 Å². The molecule has 0 saturated heterocycles. The molecule has 0 atom stereocenters. The third kappa shape index (κ3) is 2.82. The fourth-order valence-corrected chi connectivity index (χ4v) is 2.13. The molecule has 5 nitrogen and oxygen atoms in total. The first-order chi connectivity index (χ1) is 10.3. The lowest BCUT2D eigenvalue weighted by Gasteiger charge is -2.07. The first-order valence-corrected chi connectivity index (χ1v) is 6.49. The monoisotopic (exact) mass is 328 g/mol. The summed E-state index contributed by atoms with van der Waals surface area (Å²) in [6.45, 7) is -0.165. The normalized spacial score (nSPS) is 12.0. The van der Waals surface area contributed by atoms with Crippen LogP contribution in [0.3, 0.4) is 0 Å². The zero-order valence-corrected chi connectivity index (χ0v) is 11.6. The minimum absolute atomic E-state index is 0.165. The van der Waals surface area contributed by atoms with E-state index in [-0.39, 0.29) is 6.54 Å². The largest absolute Gasteiger partial charge is 0.435 e. The highest BCUT2D eigenvalue weighted by Crippen LogP contribution is 2.26. The molecule has 0 unspecified atom stereocenters. The van der Waals surface area contributed by atoms with Gasteiger partial charge in [-0.3, -0.25) is 4.79 Å². The predicted molar refractivity (Wildman–Crippen MR) is 72.8 cm³/mol. The van der Waals surface area contributed by atoms with Crippen LogP contribution in [0, 0.1) is 0 Å². The molecule has 0 radical (unpaired) electrons. The molecule has 0 saturated carbocycles. The molecular weight excluding hydrogens is 321 g/mol. The van der Waals surface area contributed by atoms with Crippen molar-refractivity contribution in [3.8, 4) is 0 Å². The van der Waals surface area contributed by atoms with Gasteiger partial charge in [0.15, 0.2) is 5.69 Å². The van der Waals surface area contributed by atoms with Gasteiger partial charge in [0.2, 0.25) is 0 Å². The molecular formula is C13H8ClF3N4O. The van der Waals surface area contributed by atoms with E-state index in [2.05, 4.69) is 10.1 Å². The van der Waals surface area contributed by atoms with E-state index in [1.807, 2.05) is 0 Å². The predicted octanol–water partition coefficient (Wildman–Crippen LogP) is 2.61. The van der Waals surface area contributed by atoms with Crippen molar-refractivity contribution in [1.82, 2.24) is 19.2 Å². The van der Waals surface area contributed by atoms with Gasteiger partial charge in [0.05, 0.1) is 17.3 Å². The zero-order chi connectivity index (χ0) is 15.9.